The number of fused-ring (bicyclic) bond motifs is 1. The van der Waals surface area contributed by atoms with E-state index >= 15 is 0 Å². The number of nitrogens with zero attached hydrogens (tertiary/aromatic N) is 3. The van der Waals surface area contributed by atoms with Crippen molar-refractivity contribution in [1.82, 2.24) is 9.88 Å². The number of carbonyl (C=O) groups is 2. The van der Waals surface area contributed by atoms with Crippen LogP contribution in [0.3, 0.4) is 0 Å². The van der Waals surface area contributed by atoms with Gasteiger partial charge < -0.3 is 9.64 Å². The van der Waals surface area contributed by atoms with Crippen molar-refractivity contribution in [3.8, 4) is 5.75 Å². The van der Waals surface area contributed by atoms with Crippen molar-refractivity contribution >= 4 is 49.6 Å². The van der Waals surface area contributed by atoms with Gasteiger partial charge in [-0.15, -0.1) is 0 Å². The molecule has 0 saturated carbocycles. The van der Waals surface area contributed by atoms with Crippen molar-refractivity contribution in [1.29, 1.82) is 0 Å². The number of carbonyl (C=O) groups excluding carboxylic acids is 2. The first kappa shape index (κ1) is 19.7. The molecular weight excluding hydrogens is 406 g/mol. The van der Waals surface area contributed by atoms with E-state index in [-0.39, 0.29) is 17.7 Å². The fraction of sp³-hybridized carbons (Fsp3) is 0.286. The van der Waals surface area contributed by atoms with Crippen LogP contribution in [0.4, 0.5) is 9.93 Å². The lowest BCUT2D eigenvalue weighted by molar-refractivity contribution is -0.119. The van der Waals surface area contributed by atoms with E-state index in [0.717, 1.165) is 27.3 Å². The van der Waals surface area contributed by atoms with Crippen LogP contribution < -0.4 is 9.64 Å². The third kappa shape index (κ3) is 4.54. The molecule has 1 fully saturated rings. The van der Waals surface area contributed by atoms with Gasteiger partial charge in [-0.3, -0.25) is 14.5 Å². The van der Waals surface area contributed by atoms with Gasteiger partial charge in [0.2, 0.25) is 5.91 Å². The van der Waals surface area contributed by atoms with Gasteiger partial charge >= 0.3 is 0 Å². The second-order valence-corrected chi connectivity index (χ2v) is 8.62. The lowest BCUT2D eigenvalue weighted by Gasteiger charge is -2.23. The van der Waals surface area contributed by atoms with E-state index in [1.54, 1.807) is 9.80 Å². The molecule has 2 amide bonds. The van der Waals surface area contributed by atoms with Crippen LogP contribution >= 0.6 is 23.1 Å². The Morgan fingerprint density at radius 1 is 1.24 bits per heavy atom. The minimum Gasteiger partial charge on any atom is -0.494 e. The van der Waals surface area contributed by atoms with Crippen LogP contribution in [0.25, 0.3) is 10.2 Å². The van der Waals surface area contributed by atoms with Gasteiger partial charge in [0, 0.05) is 12.3 Å². The monoisotopic (exact) mass is 427 g/mol. The van der Waals surface area contributed by atoms with Gasteiger partial charge in [-0.1, -0.05) is 53.4 Å². The molecule has 2 aromatic carbocycles. The summed E-state index contributed by atoms with van der Waals surface area (Å²) in [6.45, 7) is 3.62. The quantitative estimate of drug-likeness (QED) is 0.559. The molecule has 1 aromatic heterocycles. The largest absolute Gasteiger partial charge is 0.494 e. The van der Waals surface area contributed by atoms with Gasteiger partial charge in [-0.2, -0.15) is 0 Å². The maximum absolute atomic E-state index is 13.2. The van der Waals surface area contributed by atoms with Gasteiger partial charge in [0.25, 0.3) is 5.24 Å². The van der Waals surface area contributed by atoms with Crippen LogP contribution in [0.1, 0.15) is 12.5 Å². The fourth-order valence-corrected chi connectivity index (χ4v) is 4.95. The van der Waals surface area contributed by atoms with Crippen LogP contribution in [0.15, 0.2) is 48.5 Å². The maximum atomic E-state index is 13.2. The molecule has 0 N–H and O–H groups in total. The number of amides is 2. The fourth-order valence-electron chi connectivity index (χ4n) is 3.11. The highest BCUT2D eigenvalue weighted by Crippen LogP contribution is 2.32. The molecule has 0 unspecified atom stereocenters. The Bertz CT molecular complexity index is 1020. The third-order valence-electron chi connectivity index (χ3n) is 4.55. The van der Waals surface area contributed by atoms with Gasteiger partial charge in [-0.05, 0) is 30.7 Å². The number of hydrogen-bond acceptors (Lipinski definition) is 6. The highest BCUT2D eigenvalue weighted by molar-refractivity contribution is 8.13. The molecule has 1 saturated heterocycles. The van der Waals surface area contributed by atoms with Crippen LogP contribution in [-0.2, 0) is 11.3 Å². The minimum absolute atomic E-state index is 0.0383. The minimum atomic E-state index is -0.131. The van der Waals surface area contributed by atoms with Crippen LogP contribution in [0, 0.1) is 0 Å². The summed E-state index contributed by atoms with van der Waals surface area (Å²) in [5.74, 6) is 1.39. The Morgan fingerprint density at radius 3 is 2.79 bits per heavy atom. The number of ether oxygens (including phenoxy) is 1. The Kier molecular flexibility index (Phi) is 6.01. The number of aromatic nitrogens is 1. The van der Waals surface area contributed by atoms with Crippen LogP contribution in [-0.4, -0.2) is 46.5 Å². The molecule has 1 aliphatic heterocycles. The van der Waals surface area contributed by atoms with Gasteiger partial charge in [0.05, 0.1) is 23.4 Å². The van der Waals surface area contributed by atoms with E-state index in [4.69, 9.17) is 4.74 Å². The highest BCUT2D eigenvalue weighted by atomic mass is 32.2. The van der Waals surface area contributed by atoms with Gasteiger partial charge in [0.15, 0.2) is 5.13 Å². The van der Waals surface area contributed by atoms with Crippen molar-refractivity contribution in [2.24, 2.45) is 0 Å². The van der Waals surface area contributed by atoms with E-state index in [2.05, 4.69) is 4.98 Å². The summed E-state index contributed by atoms with van der Waals surface area (Å²) in [5.41, 5.74) is 1.84. The van der Waals surface area contributed by atoms with Gasteiger partial charge in [0.1, 0.15) is 12.3 Å². The number of rotatable bonds is 7. The number of benzene rings is 2. The molecule has 6 nitrogen and oxygen atoms in total. The van der Waals surface area contributed by atoms with E-state index in [0.29, 0.717) is 24.8 Å². The number of thioether (sulfide) groups is 1. The first-order valence-corrected chi connectivity index (χ1v) is 11.2. The van der Waals surface area contributed by atoms with E-state index in [1.807, 2.05) is 55.5 Å². The SMILES string of the molecule is CCOc1ccc2nc(N(Cc3ccccc3)C(=O)CN3CCSC3=O)sc2c1. The average molecular weight is 428 g/mol. The molecule has 4 rings (SSSR count). The molecule has 150 valence electrons. The summed E-state index contributed by atoms with van der Waals surface area (Å²) in [4.78, 5) is 33.1. The molecule has 3 aromatic rings. The van der Waals surface area contributed by atoms with E-state index in [9.17, 15) is 9.59 Å². The topological polar surface area (TPSA) is 62.7 Å². The molecule has 0 bridgehead atoms. The predicted molar refractivity (Wildman–Crippen MR) is 118 cm³/mol. The lowest BCUT2D eigenvalue weighted by Crippen LogP contribution is -2.40. The van der Waals surface area contributed by atoms with Crippen molar-refractivity contribution < 1.29 is 14.3 Å². The molecule has 0 spiro atoms. The molecule has 2 heterocycles. The molecule has 8 heteroatoms. The smallest absolute Gasteiger partial charge is 0.282 e. The molecule has 0 radical (unpaired) electrons. The Hall–Kier alpha value is -2.58. The Balaban J connectivity index is 1.64. The van der Waals surface area contributed by atoms with Crippen molar-refractivity contribution in [3.05, 3.63) is 54.1 Å². The average Bonchev–Trinajstić information content (AvgIpc) is 3.32. The van der Waals surface area contributed by atoms with Crippen molar-refractivity contribution in [3.63, 3.8) is 0 Å². The zero-order chi connectivity index (χ0) is 20.2. The van der Waals surface area contributed by atoms with Crippen LogP contribution in [0.5, 0.6) is 5.75 Å². The van der Waals surface area contributed by atoms with E-state index in [1.165, 1.54) is 23.1 Å². The summed E-state index contributed by atoms with van der Waals surface area (Å²) >= 11 is 2.72. The summed E-state index contributed by atoms with van der Waals surface area (Å²) in [7, 11) is 0. The molecule has 1 aliphatic rings. The second kappa shape index (κ2) is 8.84. The number of thiazole rings is 1. The Morgan fingerprint density at radius 2 is 2.07 bits per heavy atom. The maximum Gasteiger partial charge on any atom is 0.282 e. The molecular formula is C21H21N3O3S2. The number of anilines is 1. The van der Waals surface area contributed by atoms with Crippen molar-refractivity contribution in [2.45, 2.75) is 13.5 Å². The molecule has 0 aliphatic carbocycles. The molecule has 29 heavy (non-hydrogen) atoms. The van der Waals surface area contributed by atoms with Gasteiger partial charge in [-0.25, -0.2) is 4.98 Å². The number of hydrogen-bond donors (Lipinski definition) is 0. The summed E-state index contributed by atoms with van der Waals surface area (Å²) in [6, 6.07) is 15.6. The van der Waals surface area contributed by atoms with E-state index < -0.39 is 0 Å². The van der Waals surface area contributed by atoms with Crippen molar-refractivity contribution in [2.75, 3.05) is 30.3 Å². The molecule has 0 atom stereocenters. The first-order valence-electron chi connectivity index (χ1n) is 9.43. The normalized spacial score (nSPS) is 13.8. The summed E-state index contributed by atoms with van der Waals surface area (Å²) in [6.07, 6.45) is 0. The zero-order valence-electron chi connectivity index (χ0n) is 16.0. The van der Waals surface area contributed by atoms with Crippen LogP contribution in [0.2, 0.25) is 0 Å². The third-order valence-corrected chi connectivity index (χ3v) is 6.48. The highest BCUT2D eigenvalue weighted by Gasteiger charge is 2.27. The first-order chi connectivity index (χ1) is 14.1. The second-order valence-electron chi connectivity index (χ2n) is 6.56. The predicted octanol–water partition coefficient (Wildman–Crippen LogP) is 4.40. The lowest BCUT2D eigenvalue weighted by atomic mass is 10.2. The standard InChI is InChI=1S/C21H21N3O3S2/c1-2-27-16-8-9-17-18(12-16)29-20(22-17)24(13-15-6-4-3-5-7-15)19(25)14-23-10-11-28-21(23)26/h3-9,12H,2,10-11,13-14H2,1H3. The summed E-state index contributed by atoms with van der Waals surface area (Å²) < 4.78 is 6.54. The Labute approximate surface area is 177 Å². The summed E-state index contributed by atoms with van der Waals surface area (Å²) in [5, 5.41) is 0.588. The zero-order valence-corrected chi connectivity index (χ0v) is 17.7.